The second kappa shape index (κ2) is 3.83. The minimum atomic E-state index is -0.523. The molecule has 0 aliphatic heterocycles. The minimum Gasteiger partial charge on any atom is -0.422 e. The Hall–Kier alpha value is -0.216. The molecule has 0 amide bonds. The number of hydrogen-bond donors (Lipinski definition) is 2. The van der Waals surface area contributed by atoms with E-state index >= 15 is 0 Å². The minimum absolute atomic E-state index is 0. The molecule has 51 valence electrons. The van der Waals surface area contributed by atoms with Crippen molar-refractivity contribution >= 4 is 0 Å². The van der Waals surface area contributed by atoms with Gasteiger partial charge in [-0.25, -0.2) is 0 Å². The van der Waals surface area contributed by atoms with Gasteiger partial charge in [-0.1, -0.05) is 18.7 Å². The van der Waals surface area contributed by atoms with Gasteiger partial charge in [-0.3, -0.25) is 0 Å². The maximum absolute atomic E-state index is 10.5. The van der Waals surface area contributed by atoms with Crippen molar-refractivity contribution in [1.29, 1.82) is 0 Å². The van der Waals surface area contributed by atoms with Gasteiger partial charge in [0.15, 0.2) is 0 Å². The van der Waals surface area contributed by atoms with E-state index in [2.05, 4.69) is 11.2 Å². The number of hydrogen-bond acceptors (Lipinski definition) is 2. The van der Waals surface area contributed by atoms with E-state index in [0.717, 1.165) is 0 Å². The quantitative estimate of drug-likeness (QED) is 0.553. The average molecular weight is 214 g/mol. The van der Waals surface area contributed by atoms with E-state index in [0.29, 0.717) is 5.56 Å². The van der Waals surface area contributed by atoms with E-state index in [-0.39, 0.29) is 32.7 Å². The molecule has 1 aromatic heterocycles. The first-order chi connectivity index (χ1) is 4.20. The van der Waals surface area contributed by atoms with Crippen molar-refractivity contribution in [3.8, 4) is 0 Å². The van der Waals surface area contributed by atoms with Crippen LogP contribution in [0.25, 0.3) is 0 Å². The second-order valence-corrected chi connectivity index (χ2v) is 1.66. The van der Waals surface area contributed by atoms with Crippen LogP contribution in [0.3, 0.4) is 0 Å². The van der Waals surface area contributed by atoms with Crippen molar-refractivity contribution in [2.45, 2.75) is 6.92 Å². The Labute approximate surface area is 81.9 Å². The molecule has 0 aliphatic carbocycles. The van der Waals surface area contributed by atoms with Crippen LogP contribution in [0.4, 0.5) is 0 Å². The molecule has 1 radical (unpaired) electrons. The van der Waals surface area contributed by atoms with Gasteiger partial charge in [-0.2, -0.15) is 0 Å². The zero-order valence-corrected chi connectivity index (χ0v) is 8.23. The molecule has 0 spiro atoms. The summed E-state index contributed by atoms with van der Waals surface area (Å²) in [4.78, 5) is 25.1. The monoisotopic (exact) mass is 214 g/mol. The van der Waals surface area contributed by atoms with Crippen LogP contribution in [0.15, 0.2) is 9.59 Å². The van der Waals surface area contributed by atoms with E-state index < -0.39 is 11.2 Å². The van der Waals surface area contributed by atoms with Crippen molar-refractivity contribution in [3.05, 3.63) is 32.6 Å². The van der Waals surface area contributed by atoms with E-state index in [1.807, 2.05) is 4.98 Å². The first-order valence-electron chi connectivity index (χ1n) is 2.41. The standard InChI is InChI=1S/C5H5N2O2.Y/c1-3-2-6-5(9)7-4(3)8;/h1H3,(H2,6,7,8,9);/q-1;. The molecule has 0 aromatic carbocycles. The summed E-state index contributed by atoms with van der Waals surface area (Å²) in [6.45, 7) is 1.56. The van der Waals surface area contributed by atoms with E-state index in [1.165, 1.54) is 0 Å². The van der Waals surface area contributed by atoms with E-state index in [4.69, 9.17) is 0 Å². The third kappa shape index (κ3) is 2.19. The van der Waals surface area contributed by atoms with Crippen LogP contribution in [0, 0.1) is 13.1 Å². The van der Waals surface area contributed by atoms with Crippen LogP contribution in [-0.2, 0) is 32.7 Å². The number of rotatable bonds is 0. The molecular weight excluding hydrogens is 209 g/mol. The van der Waals surface area contributed by atoms with Gasteiger partial charge in [0, 0.05) is 32.7 Å². The largest absolute Gasteiger partial charge is 0.422 e. The summed E-state index contributed by atoms with van der Waals surface area (Å²) in [7, 11) is 0. The third-order valence-corrected chi connectivity index (χ3v) is 0.931. The summed E-state index contributed by atoms with van der Waals surface area (Å²) in [5.74, 6) is 0. The van der Waals surface area contributed by atoms with Crippen molar-refractivity contribution in [3.63, 3.8) is 0 Å². The summed E-state index contributed by atoms with van der Waals surface area (Å²) >= 11 is 0. The first-order valence-corrected chi connectivity index (χ1v) is 2.41. The summed E-state index contributed by atoms with van der Waals surface area (Å²) in [5.41, 5.74) is -0.529. The zero-order chi connectivity index (χ0) is 6.85. The topological polar surface area (TPSA) is 65.7 Å². The fraction of sp³-hybridized carbons (Fsp3) is 0.200. The Morgan fingerprint density at radius 2 is 2.00 bits per heavy atom. The summed E-state index contributed by atoms with van der Waals surface area (Å²) < 4.78 is 0. The molecule has 1 heterocycles. The predicted molar refractivity (Wildman–Crippen MR) is 31.3 cm³/mol. The molecule has 0 aliphatic rings. The molecular formula is C5H5N2O2Y-. The normalized spacial score (nSPS) is 8.50. The van der Waals surface area contributed by atoms with Crippen LogP contribution in [0.2, 0.25) is 0 Å². The third-order valence-electron chi connectivity index (χ3n) is 0.931. The molecule has 2 N–H and O–H groups in total. The predicted octanol–water partition coefficient (Wildman–Crippen LogP) is -0.831. The Kier molecular flexibility index (Phi) is 3.75. The number of aromatic nitrogens is 2. The molecule has 5 heteroatoms. The van der Waals surface area contributed by atoms with Crippen LogP contribution in [0.5, 0.6) is 0 Å². The van der Waals surface area contributed by atoms with Crippen molar-refractivity contribution in [2.75, 3.05) is 0 Å². The second-order valence-electron chi connectivity index (χ2n) is 1.66. The summed E-state index contributed by atoms with van der Waals surface area (Å²) in [6, 6.07) is 0. The maximum atomic E-state index is 10.5. The van der Waals surface area contributed by atoms with Gasteiger partial charge >= 0.3 is 0 Å². The number of aryl methyl sites for hydroxylation is 1. The van der Waals surface area contributed by atoms with Gasteiger partial charge in [-0.05, 0) is 0 Å². The number of H-pyrrole nitrogens is 2. The van der Waals surface area contributed by atoms with Crippen molar-refractivity contribution in [2.24, 2.45) is 0 Å². The van der Waals surface area contributed by atoms with Gasteiger partial charge in [0.05, 0.1) is 0 Å². The van der Waals surface area contributed by atoms with Crippen LogP contribution in [-0.4, -0.2) is 9.97 Å². The fourth-order valence-corrected chi connectivity index (χ4v) is 0.435. The Bertz CT molecular complexity index is 314. The Morgan fingerprint density at radius 1 is 1.40 bits per heavy atom. The van der Waals surface area contributed by atoms with Gasteiger partial charge in [0.2, 0.25) is 5.69 Å². The molecule has 0 fully saturated rings. The first kappa shape index (κ1) is 9.78. The molecule has 10 heavy (non-hydrogen) atoms. The molecule has 0 bridgehead atoms. The van der Waals surface area contributed by atoms with Crippen molar-refractivity contribution in [1.82, 2.24) is 9.97 Å². The van der Waals surface area contributed by atoms with Gasteiger partial charge < -0.3 is 19.6 Å². The van der Waals surface area contributed by atoms with Crippen LogP contribution < -0.4 is 11.2 Å². The maximum Gasteiger partial charge on any atom is 0.210 e. The summed E-state index contributed by atoms with van der Waals surface area (Å²) in [5, 5.41) is 0. The van der Waals surface area contributed by atoms with E-state index in [9.17, 15) is 9.59 Å². The molecule has 0 unspecified atom stereocenters. The average Bonchev–Trinajstić information content (AvgIpc) is 1.80. The molecule has 1 aromatic rings. The smallest absolute Gasteiger partial charge is 0.210 e. The zero-order valence-electron chi connectivity index (χ0n) is 5.39. The molecule has 4 nitrogen and oxygen atoms in total. The Morgan fingerprint density at radius 3 is 2.40 bits per heavy atom. The van der Waals surface area contributed by atoms with Crippen LogP contribution in [0.1, 0.15) is 5.56 Å². The molecule has 1 rings (SSSR count). The number of aromatic amines is 2. The van der Waals surface area contributed by atoms with Gasteiger partial charge in [0.1, 0.15) is 5.56 Å². The molecule has 0 atom stereocenters. The van der Waals surface area contributed by atoms with Crippen LogP contribution >= 0.6 is 0 Å². The van der Waals surface area contributed by atoms with Crippen molar-refractivity contribution < 1.29 is 32.7 Å². The fourth-order valence-electron chi connectivity index (χ4n) is 0.435. The summed E-state index contributed by atoms with van der Waals surface area (Å²) in [6.07, 6.45) is 2.39. The molecule has 0 saturated carbocycles. The van der Waals surface area contributed by atoms with Gasteiger partial charge in [-0.15, -0.1) is 0 Å². The molecule has 0 saturated heterocycles. The number of nitrogens with one attached hydrogen (secondary N) is 2. The van der Waals surface area contributed by atoms with Gasteiger partial charge in [0.25, 0.3) is 0 Å². The Balaban J connectivity index is 0.000000810. The SMILES string of the molecule is Cc1[c-][nH]c(=O)[nH]c1=O.[Y]. The van der Waals surface area contributed by atoms with E-state index in [1.54, 1.807) is 6.92 Å².